The van der Waals surface area contributed by atoms with E-state index in [0.717, 1.165) is 18.6 Å². The van der Waals surface area contributed by atoms with Crippen LogP contribution in [0.2, 0.25) is 0 Å². The van der Waals surface area contributed by atoms with Gasteiger partial charge in [0.15, 0.2) is 6.23 Å². The molecule has 1 aliphatic carbocycles. The van der Waals surface area contributed by atoms with Crippen molar-refractivity contribution in [1.29, 1.82) is 0 Å². The lowest BCUT2D eigenvalue weighted by Crippen LogP contribution is -2.27. The van der Waals surface area contributed by atoms with Gasteiger partial charge in [-0.2, -0.15) is 0 Å². The number of oxazole rings is 1. The van der Waals surface area contributed by atoms with E-state index < -0.39 is 6.23 Å². The molecule has 5 nitrogen and oxygen atoms in total. The molecule has 1 saturated carbocycles. The number of aromatic nitrogens is 1. The minimum absolute atomic E-state index is 0.257. The van der Waals surface area contributed by atoms with E-state index in [-0.39, 0.29) is 5.89 Å². The van der Waals surface area contributed by atoms with E-state index in [1.165, 1.54) is 38.5 Å². The molecule has 0 radical (unpaired) electrons. The van der Waals surface area contributed by atoms with Crippen LogP contribution in [0.3, 0.4) is 0 Å². The van der Waals surface area contributed by atoms with Gasteiger partial charge in [0.05, 0.1) is 6.20 Å². The first-order chi connectivity index (χ1) is 8.81. The van der Waals surface area contributed by atoms with Crippen molar-refractivity contribution in [2.24, 2.45) is 5.84 Å². The molecule has 0 saturated heterocycles. The minimum atomic E-state index is -1.02. The molecule has 0 bridgehead atoms. The Labute approximate surface area is 108 Å². The number of nitrogens with zero attached hydrogens (tertiary/aromatic N) is 1. The highest BCUT2D eigenvalue weighted by atomic mass is 16.4. The van der Waals surface area contributed by atoms with E-state index in [0.29, 0.717) is 5.92 Å². The van der Waals surface area contributed by atoms with Crippen molar-refractivity contribution in [1.82, 2.24) is 10.4 Å². The van der Waals surface area contributed by atoms with Crippen molar-refractivity contribution >= 4 is 0 Å². The number of rotatable bonds is 3. The second-order valence-electron chi connectivity index (χ2n) is 5.07. The first-order valence-electron chi connectivity index (χ1n) is 6.91. The van der Waals surface area contributed by atoms with Gasteiger partial charge < -0.3 is 9.52 Å². The molecule has 102 valence electrons. The molecule has 1 heterocycles. The summed E-state index contributed by atoms with van der Waals surface area (Å²) in [5.74, 6) is 6.74. The number of aliphatic hydroxyl groups excluding tert-OH is 1. The van der Waals surface area contributed by atoms with E-state index >= 15 is 0 Å². The molecule has 4 N–H and O–H groups in total. The molecule has 1 aliphatic rings. The second kappa shape index (κ2) is 6.87. The van der Waals surface area contributed by atoms with Gasteiger partial charge in [-0.05, 0) is 12.8 Å². The van der Waals surface area contributed by atoms with Crippen molar-refractivity contribution in [3.63, 3.8) is 0 Å². The largest absolute Gasteiger partial charge is 0.441 e. The number of hydrogen-bond acceptors (Lipinski definition) is 5. The monoisotopic (exact) mass is 253 g/mol. The first-order valence-corrected chi connectivity index (χ1v) is 6.91. The van der Waals surface area contributed by atoms with E-state index in [1.807, 2.05) is 0 Å². The normalized spacial score (nSPS) is 21.0. The topological polar surface area (TPSA) is 84.3 Å². The maximum atomic E-state index is 9.49. The van der Waals surface area contributed by atoms with Gasteiger partial charge in [-0.25, -0.2) is 10.4 Å². The fourth-order valence-corrected chi connectivity index (χ4v) is 2.60. The van der Waals surface area contributed by atoms with E-state index in [1.54, 1.807) is 6.20 Å². The summed E-state index contributed by atoms with van der Waals surface area (Å²) in [6, 6.07) is 0. The van der Waals surface area contributed by atoms with Gasteiger partial charge in [-0.1, -0.05) is 38.5 Å². The zero-order valence-corrected chi connectivity index (χ0v) is 10.8. The third kappa shape index (κ3) is 3.54. The van der Waals surface area contributed by atoms with Gasteiger partial charge in [0.1, 0.15) is 5.76 Å². The van der Waals surface area contributed by atoms with E-state index in [9.17, 15) is 5.11 Å². The highest BCUT2D eigenvalue weighted by Gasteiger charge is 2.19. The Morgan fingerprint density at radius 2 is 1.83 bits per heavy atom. The quantitative estimate of drug-likeness (QED) is 0.437. The molecule has 5 heteroatoms. The van der Waals surface area contributed by atoms with Crippen LogP contribution < -0.4 is 11.3 Å². The van der Waals surface area contributed by atoms with Crippen LogP contribution in [0, 0.1) is 0 Å². The van der Waals surface area contributed by atoms with Crippen LogP contribution in [-0.4, -0.2) is 10.1 Å². The third-order valence-corrected chi connectivity index (χ3v) is 3.69. The van der Waals surface area contributed by atoms with Gasteiger partial charge in [0.2, 0.25) is 5.89 Å². The minimum Gasteiger partial charge on any atom is -0.441 e. The Bertz CT molecular complexity index is 344. The number of aliphatic hydroxyl groups is 1. The summed E-state index contributed by atoms with van der Waals surface area (Å²) in [5.41, 5.74) is 2.23. The Balaban J connectivity index is 2.01. The Morgan fingerprint density at radius 1 is 1.22 bits per heavy atom. The predicted molar refractivity (Wildman–Crippen MR) is 68.5 cm³/mol. The fourth-order valence-electron chi connectivity index (χ4n) is 2.60. The lowest BCUT2D eigenvalue weighted by Gasteiger charge is -2.12. The molecular formula is C13H23N3O2. The van der Waals surface area contributed by atoms with Gasteiger partial charge in [0, 0.05) is 5.92 Å². The zero-order valence-electron chi connectivity index (χ0n) is 10.8. The molecule has 0 spiro atoms. The molecule has 0 aromatic carbocycles. The molecule has 1 aromatic rings. The first kappa shape index (κ1) is 13.5. The van der Waals surface area contributed by atoms with Crippen LogP contribution in [-0.2, 0) is 0 Å². The highest BCUT2D eigenvalue weighted by Crippen LogP contribution is 2.31. The zero-order chi connectivity index (χ0) is 12.8. The van der Waals surface area contributed by atoms with Crippen LogP contribution in [0.1, 0.15) is 75.2 Å². The SMILES string of the molecule is NNC(O)c1ncc(C2CCCCCCCC2)o1. The molecule has 1 fully saturated rings. The number of hydrogen-bond donors (Lipinski definition) is 3. The molecule has 2 rings (SSSR count). The Hall–Kier alpha value is -0.910. The van der Waals surface area contributed by atoms with E-state index in [4.69, 9.17) is 10.3 Å². The standard InChI is InChI=1S/C13H23N3O2/c14-16-12(17)13-15-9-11(18-13)10-7-5-3-1-2-4-6-8-10/h9-10,12,16-17H,1-8,14H2. The second-order valence-corrected chi connectivity index (χ2v) is 5.07. The highest BCUT2D eigenvalue weighted by molar-refractivity contribution is 5.03. The lowest BCUT2D eigenvalue weighted by atomic mass is 9.95. The summed E-state index contributed by atoms with van der Waals surface area (Å²) < 4.78 is 5.61. The van der Waals surface area contributed by atoms with Crippen molar-refractivity contribution in [2.75, 3.05) is 0 Å². The molecule has 1 aromatic heterocycles. The lowest BCUT2D eigenvalue weighted by molar-refractivity contribution is 0.106. The summed E-state index contributed by atoms with van der Waals surface area (Å²) in [6.07, 6.45) is 10.8. The Kier molecular flexibility index (Phi) is 5.16. The molecule has 18 heavy (non-hydrogen) atoms. The van der Waals surface area contributed by atoms with Crippen molar-refractivity contribution in [3.05, 3.63) is 17.8 Å². The molecule has 1 atom stereocenters. The molecule has 1 unspecified atom stereocenters. The van der Waals surface area contributed by atoms with Crippen LogP contribution in [0.25, 0.3) is 0 Å². The number of nitrogens with two attached hydrogens (primary N) is 1. The van der Waals surface area contributed by atoms with Gasteiger partial charge in [-0.3, -0.25) is 5.84 Å². The van der Waals surface area contributed by atoms with Crippen LogP contribution in [0.4, 0.5) is 0 Å². The summed E-state index contributed by atoms with van der Waals surface area (Å²) in [7, 11) is 0. The summed E-state index contributed by atoms with van der Waals surface area (Å²) in [6.45, 7) is 0. The summed E-state index contributed by atoms with van der Waals surface area (Å²) >= 11 is 0. The summed E-state index contributed by atoms with van der Waals surface area (Å²) in [4.78, 5) is 4.08. The van der Waals surface area contributed by atoms with Gasteiger partial charge >= 0.3 is 0 Å². The predicted octanol–water partition coefficient (Wildman–Crippen LogP) is 2.35. The maximum absolute atomic E-state index is 9.49. The fraction of sp³-hybridized carbons (Fsp3) is 0.769. The maximum Gasteiger partial charge on any atom is 0.240 e. The van der Waals surface area contributed by atoms with Crippen LogP contribution in [0.15, 0.2) is 10.6 Å². The van der Waals surface area contributed by atoms with Gasteiger partial charge in [0.25, 0.3) is 0 Å². The average molecular weight is 253 g/mol. The smallest absolute Gasteiger partial charge is 0.240 e. The molecule has 0 aliphatic heterocycles. The summed E-state index contributed by atoms with van der Waals surface area (Å²) in [5, 5.41) is 9.49. The number of nitrogens with one attached hydrogen (secondary N) is 1. The molecular weight excluding hydrogens is 230 g/mol. The van der Waals surface area contributed by atoms with Crippen LogP contribution in [0.5, 0.6) is 0 Å². The van der Waals surface area contributed by atoms with Crippen LogP contribution >= 0.6 is 0 Å². The van der Waals surface area contributed by atoms with Crippen molar-refractivity contribution < 1.29 is 9.52 Å². The van der Waals surface area contributed by atoms with Crippen molar-refractivity contribution in [3.8, 4) is 0 Å². The average Bonchev–Trinajstić information content (AvgIpc) is 2.91. The van der Waals surface area contributed by atoms with E-state index in [2.05, 4.69) is 10.4 Å². The number of hydrazine groups is 1. The Morgan fingerprint density at radius 3 is 2.44 bits per heavy atom. The third-order valence-electron chi connectivity index (χ3n) is 3.69. The van der Waals surface area contributed by atoms with Gasteiger partial charge in [-0.15, -0.1) is 0 Å². The van der Waals surface area contributed by atoms with Crippen molar-refractivity contribution in [2.45, 2.75) is 63.5 Å². The molecule has 0 amide bonds.